The molecule has 0 aliphatic heterocycles. The monoisotopic (exact) mass is 375 g/mol. The van der Waals surface area contributed by atoms with Crippen LogP contribution in [-0.4, -0.2) is 25.1 Å². The first-order valence-corrected chi connectivity index (χ1v) is 8.83. The van der Waals surface area contributed by atoms with E-state index in [1.165, 1.54) is 0 Å². The molecular weight excluding hydrogens is 354 g/mol. The molecule has 0 bridgehead atoms. The van der Waals surface area contributed by atoms with Crippen molar-refractivity contribution < 1.29 is 19.1 Å². The molecule has 0 aromatic heterocycles. The summed E-state index contributed by atoms with van der Waals surface area (Å²) in [5.74, 6) is -0.160. The number of halogens is 1. The molecule has 0 aliphatic carbocycles. The summed E-state index contributed by atoms with van der Waals surface area (Å²) >= 11 is 5.96. The number of ether oxygens (including phenoxy) is 2. The van der Waals surface area contributed by atoms with E-state index in [4.69, 9.17) is 21.1 Å². The summed E-state index contributed by atoms with van der Waals surface area (Å²) in [4.78, 5) is 24.0. The number of benzene rings is 2. The number of nitrogens with one attached hydrogen (secondary N) is 1. The Morgan fingerprint density at radius 3 is 2.69 bits per heavy atom. The molecule has 0 spiro atoms. The van der Waals surface area contributed by atoms with Crippen LogP contribution in [0.1, 0.15) is 35.7 Å². The largest absolute Gasteiger partial charge is 0.484 e. The summed E-state index contributed by atoms with van der Waals surface area (Å²) in [6.45, 7) is 4.13. The van der Waals surface area contributed by atoms with Crippen molar-refractivity contribution in [2.24, 2.45) is 0 Å². The maximum Gasteiger partial charge on any atom is 0.338 e. The fraction of sp³-hybridized carbons (Fsp3) is 0.300. The number of carbonyl (C=O) groups excluding carboxylic acids is 2. The molecule has 0 heterocycles. The van der Waals surface area contributed by atoms with Gasteiger partial charge in [-0.25, -0.2) is 4.79 Å². The van der Waals surface area contributed by atoms with E-state index in [1.54, 1.807) is 42.5 Å². The van der Waals surface area contributed by atoms with E-state index in [-0.39, 0.29) is 12.5 Å². The summed E-state index contributed by atoms with van der Waals surface area (Å²) in [5, 5.41) is 3.35. The molecule has 26 heavy (non-hydrogen) atoms. The zero-order valence-electron chi connectivity index (χ0n) is 14.9. The first kappa shape index (κ1) is 19.8. The Morgan fingerprint density at radius 2 is 1.96 bits per heavy atom. The first-order chi connectivity index (χ1) is 12.5. The number of unbranched alkanes of at least 4 members (excludes halogenated alkanes) is 1. The van der Waals surface area contributed by atoms with E-state index in [0.717, 1.165) is 18.4 Å². The average molecular weight is 376 g/mol. The van der Waals surface area contributed by atoms with Crippen molar-refractivity contribution in [1.29, 1.82) is 0 Å². The third kappa shape index (κ3) is 6.08. The normalized spacial score (nSPS) is 10.3. The average Bonchev–Trinajstić information content (AvgIpc) is 2.63. The van der Waals surface area contributed by atoms with Gasteiger partial charge in [-0.15, -0.1) is 0 Å². The quantitative estimate of drug-likeness (QED) is 0.540. The number of carbonyl (C=O) groups is 2. The van der Waals surface area contributed by atoms with Gasteiger partial charge in [0.1, 0.15) is 5.75 Å². The summed E-state index contributed by atoms with van der Waals surface area (Å²) in [7, 11) is 0. The summed E-state index contributed by atoms with van der Waals surface area (Å²) in [6, 6.07) is 11.8. The fourth-order valence-electron chi connectivity index (χ4n) is 2.17. The Kier molecular flexibility index (Phi) is 7.48. The molecule has 1 amide bonds. The summed E-state index contributed by atoms with van der Waals surface area (Å²) in [6.07, 6.45) is 1.78. The van der Waals surface area contributed by atoms with Crippen molar-refractivity contribution in [3.8, 4) is 5.75 Å². The maximum atomic E-state index is 12.1. The zero-order valence-corrected chi connectivity index (χ0v) is 15.6. The van der Waals surface area contributed by atoms with Crippen molar-refractivity contribution in [3.05, 3.63) is 58.6 Å². The van der Waals surface area contributed by atoms with Crippen LogP contribution in [0.5, 0.6) is 5.75 Å². The minimum absolute atomic E-state index is 0.147. The number of anilines is 1. The molecule has 2 rings (SSSR count). The van der Waals surface area contributed by atoms with Crippen molar-refractivity contribution in [2.75, 3.05) is 18.5 Å². The highest BCUT2D eigenvalue weighted by Crippen LogP contribution is 2.21. The van der Waals surface area contributed by atoms with Crippen LogP contribution >= 0.6 is 11.6 Å². The Hall–Kier alpha value is -2.53. The van der Waals surface area contributed by atoms with Crippen molar-refractivity contribution in [1.82, 2.24) is 0 Å². The Bertz CT molecular complexity index is 776. The van der Waals surface area contributed by atoms with Crippen molar-refractivity contribution >= 4 is 29.2 Å². The second-order valence-corrected chi connectivity index (χ2v) is 6.23. The molecule has 0 aliphatic rings. The van der Waals surface area contributed by atoms with E-state index in [9.17, 15) is 9.59 Å². The molecule has 0 unspecified atom stereocenters. The van der Waals surface area contributed by atoms with Crippen LogP contribution < -0.4 is 10.1 Å². The summed E-state index contributed by atoms with van der Waals surface area (Å²) < 4.78 is 10.6. The van der Waals surface area contributed by atoms with Crippen LogP contribution in [0.3, 0.4) is 0 Å². The van der Waals surface area contributed by atoms with E-state index < -0.39 is 5.97 Å². The van der Waals surface area contributed by atoms with Crippen LogP contribution in [0.15, 0.2) is 42.5 Å². The van der Waals surface area contributed by atoms with Gasteiger partial charge in [-0.2, -0.15) is 0 Å². The number of rotatable bonds is 8. The highest BCUT2D eigenvalue weighted by atomic mass is 35.5. The zero-order chi connectivity index (χ0) is 18.9. The molecule has 2 aromatic carbocycles. The molecular formula is C20H22ClNO4. The van der Waals surface area contributed by atoms with Crippen LogP contribution in [0.2, 0.25) is 5.02 Å². The standard InChI is InChI=1S/C20H22ClNO4/c1-3-4-10-25-20(24)15-6-5-7-16(12-15)22-19(23)13-26-17-8-9-18(21)14(2)11-17/h5-9,11-12H,3-4,10,13H2,1-2H3,(H,22,23). The molecule has 2 aromatic rings. The maximum absolute atomic E-state index is 12.1. The first-order valence-electron chi connectivity index (χ1n) is 8.45. The minimum atomic E-state index is -0.401. The molecule has 6 heteroatoms. The molecule has 0 fully saturated rings. The van der Waals surface area contributed by atoms with Gasteiger partial charge in [-0.3, -0.25) is 4.79 Å². The fourth-order valence-corrected chi connectivity index (χ4v) is 2.29. The van der Waals surface area contributed by atoms with E-state index in [2.05, 4.69) is 5.32 Å². The number of aryl methyl sites for hydroxylation is 1. The predicted octanol–water partition coefficient (Wildman–Crippen LogP) is 4.62. The van der Waals surface area contributed by atoms with E-state index in [1.807, 2.05) is 13.8 Å². The lowest BCUT2D eigenvalue weighted by Crippen LogP contribution is -2.20. The number of hydrogen-bond acceptors (Lipinski definition) is 4. The topological polar surface area (TPSA) is 64.6 Å². The van der Waals surface area contributed by atoms with Gasteiger partial charge in [-0.1, -0.05) is 31.0 Å². The second kappa shape index (κ2) is 9.82. The Morgan fingerprint density at radius 1 is 1.15 bits per heavy atom. The number of esters is 1. The Labute approximate surface area is 158 Å². The van der Waals surface area contributed by atoms with E-state index in [0.29, 0.717) is 28.6 Å². The van der Waals surface area contributed by atoms with Crippen LogP contribution in [0.25, 0.3) is 0 Å². The highest BCUT2D eigenvalue weighted by molar-refractivity contribution is 6.31. The lowest BCUT2D eigenvalue weighted by atomic mass is 10.2. The van der Waals surface area contributed by atoms with Gasteiger partial charge in [0.05, 0.1) is 12.2 Å². The molecule has 138 valence electrons. The molecule has 0 saturated heterocycles. The third-order valence-electron chi connectivity index (χ3n) is 3.61. The molecule has 5 nitrogen and oxygen atoms in total. The SMILES string of the molecule is CCCCOC(=O)c1cccc(NC(=O)COc2ccc(Cl)c(C)c2)c1. The smallest absolute Gasteiger partial charge is 0.338 e. The lowest BCUT2D eigenvalue weighted by molar-refractivity contribution is -0.118. The van der Waals surface area contributed by atoms with Crippen LogP contribution in [0.4, 0.5) is 5.69 Å². The molecule has 0 radical (unpaired) electrons. The minimum Gasteiger partial charge on any atom is -0.484 e. The van der Waals surface area contributed by atoms with Gasteiger partial charge in [0.15, 0.2) is 6.61 Å². The van der Waals surface area contributed by atoms with Gasteiger partial charge >= 0.3 is 5.97 Å². The van der Waals surface area contributed by atoms with Gasteiger partial charge in [0, 0.05) is 10.7 Å². The molecule has 1 N–H and O–H groups in total. The highest BCUT2D eigenvalue weighted by Gasteiger charge is 2.10. The van der Waals surface area contributed by atoms with Gasteiger partial charge in [0.2, 0.25) is 0 Å². The Balaban J connectivity index is 1.89. The van der Waals surface area contributed by atoms with Crippen molar-refractivity contribution in [2.45, 2.75) is 26.7 Å². The summed E-state index contributed by atoms with van der Waals surface area (Å²) in [5.41, 5.74) is 1.78. The van der Waals surface area contributed by atoms with Gasteiger partial charge in [-0.05, 0) is 55.3 Å². The predicted molar refractivity (Wildman–Crippen MR) is 102 cm³/mol. The number of amides is 1. The molecule has 0 saturated carbocycles. The van der Waals surface area contributed by atoms with Gasteiger partial charge in [0.25, 0.3) is 5.91 Å². The number of hydrogen-bond donors (Lipinski definition) is 1. The lowest BCUT2D eigenvalue weighted by Gasteiger charge is -2.10. The van der Waals surface area contributed by atoms with Gasteiger partial charge < -0.3 is 14.8 Å². The van der Waals surface area contributed by atoms with E-state index >= 15 is 0 Å². The van der Waals surface area contributed by atoms with Crippen LogP contribution in [-0.2, 0) is 9.53 Å². The second-order valence-electron chi connectivity index (χ2n) is 5.82. The molecule has 0 atom stereocenters. The van der Waals surface area contributed by atoms with Crippen molar-refractivity contribution in [3.63, 3.8) is 0 Å². The van der Waals surface area contributed by atoms with Crippen LogP contribution in [0, 0.1) is 6.92 Å². The third-order valence-corrected chi connectivity index (χ3v) is 4.04.